The van der Waals surface area contributed by atoms with E-state index in [1.54, 1.807) is 113 Å². The lowest BCUT2D eigenvalue weighted by molar-refractivity contribution is 0.0820. The summed E-state index contributed by atoms with van der Waals surface area (Å²) in [5.74, 6) is 0.647. The summed E-state index contributed by atoms with van der Waals surface area (Å²) in [5.41, 5.74) is 7.49. The molecule has 0 spiro atoms. The van der Waals surface area contributed by atoms with E-state index in [1.807, 2.05) is 16.9 Å². The molecule has 6 heterocycles. The molecule has 79 heavy (non-hydrogen) atoms. The Morgan fingerprint density at radius 2 is 1.08 bits per heavy atom. The number of amides is 2. The highest BCUT2D eigenvalue weighted by atomic mass is 127. The summed E-state index contributed by atoms with van der Waals surface area (Å²) < 4.78 is 65.3. The molecule has 0 atom stereocenters. The van der Waals surface area contributed by atoms with E-state index in [4.69, 9.17) is 27.8 Å². The fraction of sp³-hybridized carbons (Fsp3) is 0.300. The smallest absolute Gasteiger partial charge is 0.253 e. The summed E-state index contributed by atoms with van der Waals surface area (Å²) >= 11 is 2.15. The van der Waals surface area contributed by atoms with Crippen LogP contribution < -0.4 is 19.7 Å². The summed E-state index contributed by atoms with van der Waals surface area (Å²) in [5, 5.41) is 22.9. The number of nitrogens with one attached hydrogen (secondary N) is 1. The van der Waals surface area contributed by atoms with Crippen molar-refractivity contribution in [3.8, 4) is 68.5 Å². The molecular formula is C60H59F2IN8O8. The molecule has 0 aliphatic carbocycles. The van der Waals surface area contributed by atoms with Gasteiger partial charge in [0.15, 0.2) is 11.2 Å². The van der Waals surface area contributed by atoms with Gasteiger partial charge in [-0.25, -0.2) is 8.78 Å². The molecule has 0 saturated carbocycles. The summed E-state index contributed by atoms with van der Waals surface area (Å²) in [4.78, 5) is 40.5. The quantitative estimate of drug-likeness (QED) is 0.0897. The number of alkyl halides is 1. The van der Waals surface area contributed by atoms with E-state index in [0.717, 1.165) is 25.7 Å². The second-order valence-electron chi connectivity index (χ2n) is 19.0. The number of hydrogen-bond donors (Lipinski definition) is 1. The molecular weight excluding hydrogens is 1130 g/mol. The van der Waals surface area contributed by atoms with Crippen molar-refractivity contribution in [2.45, 2.75) is 37.8 Å². The van der Waals surface area contributed by atoms with Crippen molar-refractivity contribution in [1.82, 2.24) is 19.8 Å². The first kappa shape index (κ1) is 57.1. The van der Waals surface area contributed by atoms with E-state index in [-0.39, 0.29) is 46.4 Å². The molecule has 19 heteroatoms. The van der Waals surface area contributed by atoms with Crippen LogP contribution in [0.2, 0.25) is 0 Å². The highest BCUT2D eigenvalue weighted by Gasteiger charge is 2.27. The average Bonchev–Trinajstić information content (AvgIpc) is 4.32. The number of carbonyl (C=O) groups is 2. The van der Waals surface area contributed by atoms with Crippen LogP contribution in [0.25, 0.3) is 67.1 Å². The Balaban J connectivity index is 0.000000202. The Kier molecular flexibility index (Phi) is 18.5. The van der Waals surface area contributed by atoms with Crippen LogP contribution in [-0.4, -0.2) is 124 Å². The molecule has 2 amide bonds. The molecule has 0 unspecified atom stereocenters. The van der Waals surface area contributed by atoms with E-state index in [0.29, 0.717) is 116 Å². The van der Waals surface area contributed by atoms with E-state index >= 15 is 8.78 Å². The highest BCUT2D eigenvalue weighted by molar-refractivity contribution is 14.1. The Bertz CT molecular complexity index is 3610. The maximum absolute atomic E-state index is 15.6. The van der Waals surface area contributed by atoms with Gasteiger partial charge in [-0.05, 0) is 115 Å². The molecule has 4 aromatic heterocycles. The topological polar surface area (TPSA) is 192 Å². The van der Waals surface area contributed by atoms with Crippen LogP contribution in [0.3, 0.4) is 0 Å². The fourth-order valence-electron chi connectivity index (χ4n) is 9.66. The minimum atomic E-state index is -0.509. The van der Waals surface area contributed by atoms with Crippen molar-refractivity contribution in [3.05, 3.63) is 131 Å². The standard InChI is InChI=1S/C30H29FN4O4.C29H27FN4O4.CH3I/c1-34(2)30(36)18-5-6-23(26(15-18)37-4)27-16-25-29(39-27)22(7-10-33-25)19-13-20(17-32)28(24(31)14-19)35(3)21-8-11-38-12-9-21;1-34(2)29(35)17-4-5-22(25(14-17)36-3)26-15-24-28(38-26)21(6-9-32-24)18-12-19(16-31)27(23(30)13-18)33-20-7-10-37-11-8-20;1-2/h5-7,10,13-16,21H,8-9,11-12H2,1-4H3;4-6,9,12-15,20,33H,7-8,10-11H2,1-3H3;1H3. The number of nitriles is 2. The van der Waals surface area contributed by atoms with Gasteiger partial charge >= 0.3 is 0 Å². The number of nitrogens with zero attached hydrogens (tertiary/aromatic N) is 7. The molecule has 16 nitrogen and oxygen atoms in total. The second-order valence-corrected chi connectivity index (χ2v) is 19.0. The van der Waals surface area contributed by atoms with E-state index < -0.39 is 11.6 Å². The monoisotopic (exact) mass is 1180 g/mol. The van der Waals surface area contributed by atoms with Gasteiger partial charge in [-0.3, -0.25) is 19.6 Å². The van der Waals surface area contributed by atoms with Gasteiger partial charge in [0, 0.05) is 121 Å². The zero-order chi connectivity index (χ0) is 56.5. The van der Waals surface area contributed by atoms with Gasteiger partial charge in [0.25, 0.3) is 11.8 Å². The van der Waals surface area contributed by atoms with Gasteiger partial charge in [0.1, 0.15) is 57.8 Å². The van der Waals surface area contributed by atoms with Gasteiger partial charge < -0.3 is 47.8 Å². The largest absolute Gasteiger partial charge is 0.496 e. The first-order chi connectivity index (χ1) is 38.2. The third-order valence-corrected chi connectivity index (χ3v) is 13.7. The summed E-state index contributed by atoms with van der Waals surface area (Å²) in [7, 11) is 11.6. The lowest BCUT2D eigenvalue weighted by atomic mass is 9.99. The van der Waals surface area contributed by atoms with Gasteiger partial charge in [-0.1, -0.05) is 22.6 Å². The molecule has 2 saturated heterocycles. The van der Waals surface area contributed by atoms with E-state index in [1.165, 1.54) is 36.2 Å². The van der Waals surface area contributed by atoms with Crippen LogP contribution in [0, 0.1) is 34.3 Å². The molecule has 0 bridgehead atoms. The van der Waals surface area contributed by atoms with Crippen molar-refractivity contribution in [2.24, 2.45) is 0 Å². The molecule has 8 aromatic rings. The Labute approximate surface area is 470 Å². The predicted molar refractivity (Wildman–Crippen MR) is 308 cm³/mol. The molecule has 4 aromatic carbocycles. The minimum absolute atomic E-state index is 0.0471. The number of ether oxygens (including phenoxy) is 4. The Morgan fingerprint density at radius 3 is 1.53 bits per heavy atom. The lowest BCUT2D eigenvalue weighted by Gasteiger charge is -2.33. The normalized spacial score (nSPS) is 13.5. The number of methoxy groups -OCH3 is 2. The maximum atomic E-state index is 15.6. The number of rotatable bonds is 12. The van der Waals surface area contributed by atoms with Gasteiger partial charge in [-0.2, -0.15) is 10.5 Å². The summed E-state index contributed by atoms with van der Waals surface area (Å²) in [6.45, 7) is 2.45. The number of anilines is 2. The van der Waals surface area contributed by atoms with Gasteiger partial charge in [0.05, 0.1) is 47.8 Å². The number of furan rings is 2. The highest BCUT2D eigenvalue weighted by Crippen LogP contribution is 2.42. The van der Waals surface area contributed by atoms with Crippen LogP contribution in [-0.2, 0) is 9.47 Å². The Morgan fingerprint density at radius 1 is 0.620 bits per heavy atom. The van der Waals surface area contributed by atoms with Crippen LogP contribution in [0.1, 0.15) is 57.5 Å². The van der Waals surface area contributed by atoms with E-state index in [9.17, 15) is 20.1 Å². The summed E-state index contributed by atoms with van der Waals surface area (Å²) in [6, 6.07) is 27.9. The number of benzene rings is 4. The van der Waals surface area contributed by atoms with Crippen molar-refractivity contribution < 1.29 is 46.2 Å². The lowest BCUT2D eigenvalue weighted by Crippen LogP contribution is -2.37. The molecule has 2 aliphatic heterocycles. The van der Waals surface area contributed by atoms with Crippen molar-refractivity contribution in [3.63, 3.8) is 0 Å². The van der Waals surface area contributed by atoms with Crippen LogP contribution in [0.15, 0.2) is 106 Å². The average molecular weight is 1190 g/mol. The molecule has 1 N–H and O–H groups in total. The number of halogens is 3. The van der Waals surface area contributed by atoms with Crippen LogP contribution >= 0.6 is 22.6 Å². The second kappa shape index (κ2) is 25.6. The van der Waals surface area contributed by atoms with Gasteiger partial charge in [-0.15, -0.1) is 0 Å². The molecule has 10 rings (SSSR count). The molecule has 2 fully saturated rings. The van der Waals surface area contributed by atoms with E-state index in [2.05, 4.69) is 50.0 Å². The van der Waals surface area contributed by atoms with Crippen LogP contribution in [0.5, 0.6) is 11.5 Å². The number of aromatic nitrogens is 2. The first-order valence-corrected chi connectivity index (χ1v) is 27.4. The maximum Gasteiger partial charge on any atom is 0.253 e. The minimum Gasteiger partial charge on any atom is -0.496 e. The van der Waals surface area contributed by atoms with Crippen LogP contribution in [0.4, 0.5) is 20.2 Å². The fourth-order valence-corrected chi connectivity index (χ4v) is 9.66. The SMILES string of the molecule is CI.COc1cc(C(=O)N(C)C)ccc1-c1cc2nccc(-c3cc(F)c(N(C)C4CCOCC4)c(C#N)c3)c2o1.COc1cc(C(=O)N(C)C)ccc1-c1cc2nccc(-c3cc(F)c(NC4CCOCC4)c(C#N)c3)c2o1. The number of pyridine rings is 2. The zero-order valence-corrected chi connectivity index (χ0v) is 47.2. The Hall–Kier alpha value is -8.11. The van der Waals surface area contributed by atoms with Crippen molar-refractivity contribution in [1.29, 1.82) is 10.5 Å². The summed E-state index contributed by atoms with van der Waals surface area (Å²) in [6.07, 6.45) is 6.29. The van der Waals surface area contributed by atoms with Crippen molar-refractivity contribution in [2.75, 3.05) is 91.0 Å². The van der Waals surface area contributed by atoms with Crippen molar-refractivity contribution >= 4 is 68.0 Å². The number of carbonyl (C=O) groups excluding carboxylic acids is 2. The first-order valence-electron chi connectivity index (χ1n) is 25.3. The molecule has 0 radical (unpaired) electrons. The zero-order valence-electron chi connectivity index (χ0n) is 45.1. The third kappa shape index (κ3) is 12.3. The predicted octanol–water partition coefficient (Wildman–Crippen LogP) is 12.0. The third-order valence-electron chi connectivity index (χ3n) is 13.7. The van der Waals surface area contributed by atoms with Gasteiger partial charge in [0.2, 0.25) is 0 Å². The number of hydrogen-bond acceptors (Lipinski definition) is 14. The number of fused-ring (bicyclic) bond motifs is 2. The molecule has 408 valence electrons. The molecule has 2 aliphatic rings.